The van der Waals surface area contributed by atoms with E-state index in [4.69, 9.17) is 5.11 Å². The normalized spacial score (nSPS) is 12.5. The smallest absolute Gasteiger partial charge is 0.303 e. The molecule has 1 aromatic carbocycles. The topological polar surface area (TPSA) is 57.5 Å². The Balaban J connectivity index is 3.12. The number of phenols is 1. The zero-order valence-electron chi connectivity index (χ0n) is 8.00. The van der Waals surface area contributed by atoms with Crippen LogP contribution in [0.2, 0.25) is 0 Å². The summed E-state index contributed by atoms with van der Waals surface area (Å²) in [6.07, 6.45) is -0.157. The van der Waals surface area contributed by atoms with Crippen LogP contribution in [0.25, 0.3) is 0 Å². The first kappa shape index (κ1) is 12.0. The first-order chi connectivity index (χ1) is 6.93. The standard InChI is InChI=1S/C10H10BrFO3/c1-5(4-8(14)15)9-7(13)3-2-6(12)10(9)11/h2-3,5,13H,4H2,1H3,(H,14,15). The van der Waals surface area contributed by atoms with Crippen molar-refractivity contribution < 1.29 is 19.4 Å². The minimum atomic E-state index is -0.988. The van der Waals surface area contributed by atoms with E-state index in [-0.39, 0.29) is 22.2 Å². The Morgan fingerprint density at radius 2 is 2.20 bits per heavy atom. The highest BCUT2D eigenvalue weighted by atomic mass is 79.9. The van der Waals surface area contributed by atoms with Gasteiger partial charge in [-0.15, -0.1) is 0 Å². The third kappa shape index (κ3) is 2.68. The van der Waals surface area contributed by atoms with Crippen molar-refractivity contribution in [1.82, 2.24) is 0 Å². The van der Waals surface area contributed by atoms with Crippen LogP contribution in [0.5, 0.6) is 5.75 Å². The molecule has 0 radical (unpaired) electrons. The summed E-state index contributed by atoms with van der Waals surface area (Å²) in [6.45, 7) is 1.62. The molecule has 1 unspecified atom stereocenters. The van der Waals surface area contributed by atoms with Gasteiger partial charge in [-0.1, -0.05) is 6.92 Å². The van der Waals surface area contributed by atoms with E-state index in [9.17, 15) is 14.3 Å². The third-order valence-corrected chi connectivity index (χ3v) is 2.89. The summed E-state index contributed by atoms with van der Waals surface area (Å²) in [7, 11) is 0. The van der Waals surface area contributed by atoms with Gasteiger partial charge in [0.25, 0.3) is 0 Å². The molecule has 0 aliphatic heterocycles. The van der Waals surface area contributed by atoms with Crippen molar-refractivity contribution >= 4 is 21.9 Å². The van der Waals surface area contributed by atoms with Crippen molar-refractivity contribution in [2.45, 2.75) is 19.3 Å². The van der Waals surface area contributed by atoms with Gasteiger partial charge in [0, 0.05) is 5.56 Å². The summed E-state index contributed by atoms with van der Waals surface area (Å²) in [6, 6.07) is 2.34. The highest BCUT2D eigenvalue weighted by Gasteiger charge is 2.19. The Hall–Kier alpha value is -1.10. The van der Waals surface area contributed by atoms with Gasteiger partial charge < -0.3 is 10.2 Å². The van der Waals surface area contributed by atoms with Crippen LogP contribution < -0.4 is 0 Å². The number of phenolic OH excluding ortho intramolecular Hbond substituents is 1. The summed E-state index contributed by atoms with van der Waals surface area (Å²) in [5, 5.41) is 18.1. The lowest BCUT2D eigenvalue weighted by Gasteiger charge is -2.13. The Labute approximate surface area is 94.7 Å². The Morgan fingerprint density at radius 3 is 2.73 bits per heavy atom. The van der Waals surface area contributed by atoms with Crippen LogP contribution in [0.4, 0.5) is 4.39 Å². The number of benzene rings is 1. The van der Waals surface area contributed by atoms with Crippen molar-refractivity contribution in [1.29, 1.82) is 0 Å². The molecule has 0 heterocycles. The Kier molecular flexibility index (Phi) is 3.68. The maximum Gasteiger partial charge on any atom is 0.303 e. The van der Waals surface area contributed by atoms with Gasteiger partial charge in [-0.3, -0.25) is 4.79 Å². The van der Waals surface area contributed by atoms with E-state index in [1.54, 1.807) is 6.92 Å². The van der Waals surface area contributed by atoms with Crippen LogP contribution in [0.15, 0.2) is 16.6 Å². The molecular formula is C10H10BrFO3. The van der Waals surface area contributed by atoms with E-state index in [0.717, 1.165) is 6.07 Å². The predicted octanol–water partition coefficient (Wildman–Crippen LogP) is 2.87. The fourth-order valence-corrected chi connectivity index (χ4v) is 2.11. The van der Waals surface area contributed by atoms with E-state index < -0.39 is 17.7 Å². The fourth-order valence-electron chi connectivity index (χ4n) is 1.39. The Bertz CT molecular complexity index is 392. The zero-order chi connectivity index (χ0) is 11.6. The largest absolute Gasteiger partial charge is 0.508 e. The van der Waals surface area contributed by atoms with E-state index >= 15 is 0 Å². The molecule has 0 saturated carbocycles. The second-order valence-electron chi connectivity index (χ2n) is 3.29. The van der Waals surface area contributed by atoms with Crippen LogP contribution in [0.1, 0.15) is 24.8 Å². The number of hydrogen-bond acceptors (Lipinski definition) is 2. The molecule has 1 atom stereocenters. The summed E-state index contributed by atoms with van der Waals surface area (Å²) in [4.78, 5) is 10.5. The first-order valence-corrected chi connectivity index (χ1v) is 5.11. The molecule has 0 fully saturated rings. The second kappa shape index (κ2) is 4.61. The number of aromatic hydroxyl groups is 1. The fraction of sp³-hybridized carbons (Fsp3) is 0.300. The molecule has 15 heavy (non-hydrogen) atoms. The van der Waals surface area contributed by atoms with Crippen LogP contribution >= 0.6 is 15.9 Å². The zero-order valence-corrected chi connectivity index (χ0v) is 9.58. The first-order valence-electron chi connectivity index (χ1n) is 4.32. The number of rotatable bonds is 3. The van der Waals surface area contributed by atoms with Crippen LogP contribution in [0.3, 0.4) is 0 Å². The van der Waals surface area contributed by atoms with E-state index in [2.05, 4.69) is 15.9 Å². The number of carboxylic acid groups (broad SMARTS) is 1. The highest BCUT2D eigenvalue weighted by molar-refractivity contribution is 9.10. The van der Waals surface area contributed by atoms with Crippen LogP contribution in [0, 0.1) is 5.82 Å². The number of carboxylic acids is 1. The molecular weight excluding hydrogens is 267 g/mol. The number of hydrogen-bond donors (Lipinski definition) is 2. The van der Waals surface area contributed by atoms with Crippen LogP contribution in [-0.4, -0.2) is 16.2 Å². The van der Waals surface area contributed by atoms with Gasteiger partial charge in [-0.2, -0.15) is 0 Å². The number of aliphatic carboxylic acids is 1. The molecule has 0 aliphatic rings. The maximum atomic E-state index is 13.2. The lowest BCUT2D eigenvalue weighted by Crippen LogP contribution is -2.04. The SMILES string of the molecule is CC(CC(=O)O)c1c(O)ccc(F)c1Br. The quantitative estimate of drug-likeness (QED) is 0.893. The summed E-state index contributed by atoms with van der Waals surface area (Å²) in [5.41, 5.74) is 0.289. The Morgan fingerprint density at radius 1 is 1.60 bits per heavy atom. The lowest BCUT2D eigenvalue weighted by molar-refractivity contribution is -0.137. The molecule has 1 aromatic rings. The van der Waals surface area contributed by atoms with E-state index in [1.165, 1.54) is 6.07 Å². The molecule has 0 saturated heterocycles. The maximum absolute atomic E-state index is 13.2. The average Bonchev–Trinajstić information content (AvgIpc) is 2.11. The summed E-state index contributed by atoms with van der Waals surface area (Å²) < 4.78 is 13.3. The molecule has 0 spiro atoms. The monoisotopic (exact) mass is 276 g/mol. The molecule has 82 valence electrons. The van der Waals surface area contributed by atoms with Crippen molar-refractivity contribution in [3.8, 4) is 5.75 Å². The van der Waals surface area contributed by atoms with Crippen LogP contribution in [-0.2, 0) is 4.79 Å². The van der Waals surface area contributed by atoms with Crippen molar-refractivity contribution in [3.63, 3.8) is 0 Å². The van der Waals surface area contributed by atoms with E-state index in [0.29, 0.717) is 0 Å². The average molecular weight is 277 g/mol. The van der Waals surface area contributed by atoms with Crippen molar-refractivity contribution in [2.24, 2.45) is 0 Å². The number of halogens is 2. The van der Waals surface area contributed by atoms with Gasteiger partial charge in [0.1, 0.15) is 11.6 Å². The molecule has 0 bridgehead atoms. The lowest BCUT2D eigenvalue weighted by atomic mass is 9.97. The molecule has 0 aliphatic carbocycles. The predicted molar refractivity (Wildman–Crippen MR) is 56.4 cm³/mol. The van der Waals surface area contributed by atoms with Gasteiger partial charge in [0.2, 0.25) is 0 Å². The number of carbonyl (C=O) groups is 1. The van der Waals surface area contributed by atoms with Gasteiger partial charge in [0.15, 0.2) is 0 Å². The highest BCUT2D eigenvalue weighted by Crippen LogP contribution is 2.36. The molecule has 3 nitrogen and oxygen atoms in total. The second-order valence-corrected chi connectivity index (χ2v) is 4.09. The van der Waals surface area contributed by atoms with Crippen molar-refractivity contribution in [2.75, 3.05) is 0 Å². The minimum absolute atomic E-state index is 0.1000. The summed E-state index contributed by atoms with van der Waals surface area (Å²) >= 11 is 2.99. The molecule has 0 aromatic heterocycles. The van der Waals surface area contributed by atoms with Gasteiger partial charge in [-0.25, -0.2) is 4.39 Å². The van der Waals surface area contributed by atoms with Gasteiger partial charge >= 0.3 is 5.97 Å². The third-order valence-electron chi connectivity index (χ3n) is 2.08. The molecule has 2 N–H and O–H groups in total. The summed E-state index contributed by atoms with van der Waals surface area (Å²) in [5.74, 6) is -2.05. The molecule has 0 amide bonds. The molecule has 1 rings (SSSR count). The minimum Gasteiger partial charge on any atom is -0.508 e. The molecule has 5 heteroatoms. The van der Waals surface area contributed by atoms with E-state index in [1.807, 2.05) is 0 Å². The van der Waals surface area contributed by atoms with Crippen molar-refractivity contribution in [3.05, 3.63) is 28.0 Å². The van der Waals surface area contributed by atoms with Gasteiger partial charge in [0.05, 0.1) is 10.9 Å². The van der Waals surface area contributed by atoms with Gasteiger partial charge in [-0.05, 0) is 34.0 Å².